The molecular formula is C21H27N3O3. The molecule has 1 amide bonds. The van der Waals surface area contributed by atoms with Crippen LogP contribution >= 0.6 is 0 Å². The normalized spacial score (nSPS) is 19.5. The number of hydrogen-bond acceptors (Lipinski definition) is 5. The van der Waals surface area contributed by atoms with Gasteiger partial charge in [0.15, 0.2) is 5.66 Å². The maximum absolute atomic E-state index is 12.2. The zero-order valence-corrected chi connectivity index (χ0v) is 15.9. The topological polar surface area (TPSA) is 72.3 Å². The van der Waals surface area contributed by atoms with Crippen LogP contribution in [-0.2, 0) is 16.1 Å². The van der Waals surface area contributed by atoms with E-state index >= 15 is 0 Å². The van der Waals surface area contributed by atoms with Gasteiger partial charge in [0.05, 0.1) is 13.2 Å². The summed E-state index contributed by atoms with van der Waals surface area (Å²) in [6.45, 7) is 4.69. The number of benzene rings is 1. The lowest BCUT2D eigenvalue weighted by atomic mass is 10.0. The summed E-state index contributed by atoms with van der Waals surface area (Å²) in [5, 5.41) is 11.1. The van der Waals surface area contributed by atoms with Gasteiger partial charge in [-0.25, -0.2) is 0 Å². The van der Waals surface area contributed by atoms with Crippen LogP contribution in [0.2, 0.25) is 0 Å². The molecule has 0 bridgehead atoms. The van der Waals surface area contributed by atoms with E-state index in [-0.39, 0.29) is 5.91 Å². The van der Waals surface area contributed by atoms with E-state index in [4.69, 9.17) is 15.9 Å². The molecule has 0 radical (unpaired) electrons. The molecule has 0 aliphatic carbocycles. The van der Waals surface area contributed by atoms with E-state index in [0.717, 1.165) is 42.9 Å². The van der Waals surface area contributed by atoms with Crippen LogP contribution < -0.4 is 10.1 Å². The molecule has 1 unspecified atom stereocenters. The number of terminal acetylenes is 1. The molecule has 0 spiro atoms. The smallest absolute Gasteiger partial charge is 0.220 e. The van der Waals surface area contributed by atoms with Crippen molar-refractivity contribution in [3.63, 3.8) is 0 Å². The summed E-state index contributed by atoms with van der Waals surface area (Å²) in [6.07, 6.45) is 8.67. The second-order valence-electron chi connectivity index (χ2n) is 7.32. The van der Waals surface area contributed by atoms with Gasteiger partial charge in [-0.2, -0.15) is 10.2 Å². The minimum Gasteiger partial charge on any atom is -0.493 e. The predicted molar refractivity (Wildman–Crippen MR) is 102 cm³/mol. The third-order valence-electron chi connectivity index (χ3n) is 5.00. The highest BCUT2D eigenvalue weighted by molar-refractivity contribution is 5.76. The molecule has 1 saturated heterocycles. The molecule has 3 rings (SSSR count). The SMILES string of the molecule is C#CCCC1(CCC(=O)NCc2ccc(C)cc2OCC2CCOC2)N=N1. The van der Waals surface area contributed by atoms with Gasteiger partial charge in [-0.1, -0.05) is 12.1 Å². The summed E-state index contributed by atoms with van der Waals surface area (Å²) in [7, 11) is 0. The highest BCUT2D eigenvalue weighted by Crippen LogP contribution is 2.37. The average Bonchev–Trinajstić information content (AvgIpc) is 3.25. The van der Waals surface area contributed by atoms with Gasteiger partial charge in [0.1, 0.15) is 5.75 Å². The Morgan fingerprint density at radius 1 is 1.44 bits per heavy atom. The average molecular weight is 369 g/mol. The Kier molecular flexibility index (Phi) is 6.46. The highest BCUT2D eigenvalue weighted by Gasteiger charge is 2.39. The summed E-state index contributed by atoms with van der Waals surface area (Å²) < 4.78 is 11.4. The lowest BCUT2D eigenvalue weighted by Gasteiger charge is -2.15. The highest BCUT2D eigenvalue weighted by atomic mass is 16.5. The second kappa shape index (κ2) is 9.01. The van der Waals surface area contributed by atoms with Crippen molar-refractivity contribution in [3.8, 4) is 18.1 Å². The number of ether oxygens (including phenoxy) is 2. The van der Waals surface area contributed by atoms with Gasteiger partial charge >= 0.3 is 0 Å². The number of carbonyl (C=O) groups is 1. The van der Waals surface area contributed by atoms with Crippen molar-refractivity contribution in [2.24, 2.45) is 16.1 Å². The van der Waals surface area contributed by atoms with Gasteiger partial charge in [-0.15, -0.1) is 12.3 Å². The first kappa shape index (κ1) is 19.4. The third kappa shape index (κ3) is 5.80. The summed E-state index contributed by atoms with van der Waals surface area (Å²) in [4.78, 5) is 12.2. The standard InChI is InChI=1S/C21H27N3O3/c1-3-4-9-21(23-24-21)10-7-20(25)22-13-18-6-5-16(2)12-19(18)27-15-17-8-11-26-14-17/h1,5-6,12,17H,4,7-11,13-15H2,2H3,(H,22,25). The van der Waals surface area contributed by atoms with E-state index in [1.54, 1.807) is 0 Å². The molecule has 1 atom stereocenters. The van der Waals surface area contributed by atoms with Crippen LogP contribution in [0, 0.1) is 25.2 Å². The van der Waals surface area contributed by atoms with Crippen LogP contribution in [0.1, 0.15) is 43.2 Å². The van der Waals surface area contributed by atoms with Crippen molar-refractivity contribution in [3.05, 3.63) is 29.3 Å². The fourth-order valence-electron chi connectivity index (χ4n) is 3.13. The molecule has 2 heterocycles. The fraction of sp³-hybridized carbons (Fsp3) is 0.571. The Morgan fingerprint density at radius 2 is 2.30 bits per heavy atom. The van der Waals surface area contributed by atoms with Gasteiger partial charge in [0, 0.05) is 50.3 Å². The number of hydrogen-bond donors (Lipinski definition) is 1. The molecule has 144 valence electrons. The Labute approximate surface area is 160 Å². The van der Waals surface area contributed by atoms with Gasteiger partial charge in [0.25, 0.3) is 0 Å². The van der Waals surface area contributed by atoms with E-state index in [2.05, 4.69) is 21.5 Å². The Morgan fingerprint density at radius 3 is 3.00 bits per heavy atom. The zero-order chi connectivity index (χ0) is 19.1. The van der Waals surface area contributed by atoms with Crippen LogP contribution in [0.25, 0.3) is 0 Å². The zero-order valence-electron chi connectivity index (χ0n) is 15.9. The molecule has 1 fully saturated rings. The summed E-state index contributed by atoms with van der Waals surface area (Å²) in [6, 6.07) is 6.06. The molecule has 6 heteroatoms. The second-order valence-corrected chi connectivity index (χ2v) is 7.32. The first-order valence-electron chi connectivity index (χ1n) is 9.54. The van der Waals surface area contributed by atoms with Crippen molar-refractivity contribution in [2.45, 2.75) is 51.2 Å². The van der Waals surface area contributed by atoms with Crippen LogP contribution in [0.3, 0.4) is 0 Å². The lowest BCUT2D eigenvalue weighted by Crippen LogP contribution is -2.25. The van der Waals surface area contributed by atoms with Crippen molar-refractivity contribution in [2.75, 3.05) is 19.8 Å². The monoisotopic (exact) mass is 369 g/mol. The van der Waals surface area contributed by atoms with Crippen molar-refractivity contribution < 1.29 is 14.3 Å². The van der Waals surface area contributed by atoms with Crippen molar-refractivity contribution in [1.82, 2.24) is 5.32 Å². The third-order valence-corrected chi connectivity index (χ3v) is 5.00. The molecule has 27 heavy (non-hydrogen) atoms. The number of nitrogens with zero attached hydrogens (tertiary/aromatic N) is 2. The molecule has 2 aliphatic rings. The van der Waals surface area contributed by atoms with Gasteiger partial charge < -0.3 is 14.8 Å². The molecule has 0 saturated carbocycles. The summed E-state index contributed by atoms with van der Waals surface area (Å²) in [5.41, 5.74) is 1.71. The van der Waals surface area contributed by atoms with Gasteiger partial charge in [-0.3, -0.25) is 4.79 Å². The minimum absolute atomic E-state index is 0.0110. The van der Waals surface area contributed by atoms with Gasteiger partial charge in [-0.05, 0) is 25.0 Å². The Balaban J connectivity index is 1.46. The van der Waals surface area contributed by atoms with Crippen LogP contribution in [0.4, 0.5) is 0 Å². The number of amides is 1. The first-order valence-corrected chi connectivity index (χ1v) is 9.54. The fourth-order valence-corrected chi connectivity index (χ4v) is 3.13. The number of rotatable bonds is 10. The summed E-state index contributed by atoms with van der Waals surface area (Å²) in [5.74, 6) is 3.86. The van der Waals surface area contributed by atoms with Crippen LogP contribution in [0.5, 0.6) is 5.75 Å². The minimum atomic E-state index is -0.412. The Hall–Kier alpha value is -2.39. The molecule has 1 N–H and O–H groups in total. The van der Waals surface area contributed by atoms with E-state index in [1.807, 2.05) is 25.1 Å². The van der Waals surface area contributed by atoms with Crippen LogP contribution in [0.15, 0.2) is 28.4 Å². The Bertz CT molecular complexity index is 727. The quantitative estimate of drug-likeness (QED) is 0.643. The number of carbonyl (C=O) groups excluding carboxylic acids is 1. The molecule has 6 nitrogen and oxygen atoms in total. The predicted octanol–water partition coefficient (Wildman–Crippen LogP) is 3.38. The molecular weight excluding hydrogens is 342 g/mol. The van der Waals surface area contributed by atoms with Crippen molar-refractivity contribution >= 4 is 5.91 Å². The molecule has 2 aliphatic heterocycles. The first-order chi connectivity index (χ1) is 13.1. The van der Waals surface area contributed by atoms with Crippen molar-refractivity contribution in [1.29, 1.82) is 0 Å². The molecule has 1 aromatic rings. The summed E-state index contributed by atoms with van der Waals surface area (Å²) >= 11 is 0. The maximum atomic E-state index is 12.2. The number of aryl methyl sites for hydroxylation is 1. The van der Waals surface area contributed by atoms with E-state index in [1.165, 1.54) is 0 Å². The maximum Gasteiger partial charge on any atom is 0.220 e. The lowest BCUT2D eigenvalue weighted by molar-refractivity contribution is -0.121. The van der Waals surface area contributed by atoms with E-state index in [9.17, 15) is 4.79 Å². The van der Waals surface area contributed by atoms with E-state index in [0.29, 0.717) is 38.3 Å². The van der Waals surface area contributed by atoms with Gasteiger partial charge in [0.2, 0.25) is 5.91 Å². The number of nitrogens with one attached hydrogen (secondary N) is 1. The van der Waals surface area contributed by atoms with E-state index < -0.39 is 5.66 Å². The molecule has 1 aromatic carbocycles. The van der Waals surface area contributed by atoms with Crippen LogP contribution in [-0.4, -0.2) is 31.4 Å². The molecule has 0 aromatic heterocycles. The largest absolute Gasteiger partial charge is 0.493 e.